The van der Waals surface area contributed by atoms with Gasteiger partial charge in [0, 0.05) is 16.1 Å². The molecule has 1 heterocycles. The van der Waals surface area contributed by atoms with Gasteiger partial charge in [0.2, 0.25) is 0 Å². The van der Waals surface area contributed by atoms with Gasteiger partial charge in [-0.25, -0.2) is 8.42 Å². The van der Waals surface area contributed by atoms with Gasteiger partial charge in [-0.2, -0.15) is 0 Å². The SMILES string of the molecule is CSc1ccc(NS(=O)(=O)c2c(C)oc(C)c2CO)cc1. The van der Waals surface area contributed by atoms with Crippen LogP contribution in [0.5, 0.6) is 0 Å². The Hall–Kier alpha value is -1.44. The molecule has 0 fully saturated rings. The van der Waals surface area contributed by atoms with Crippen LogP contribution in [0.25, 0.3) is 0 Å². The second-order valence-electron chi connectivity index (χ2n) is 4.51. The largest absolute Gasteiger partial charge is 0.465 e. The molecule has 0 aliphatic heterocycles. The fourth-order valence-corrected chi connectivity index (χ4v) is 4.02. The molecule has 0 spiro atoms. The molecule has 0 bridgehead atoms. The summed E-state index contributed by atoms with van der Waals surface area (Å²) in [7, 11) is -3.80. The monoisotopic (exact) mass is 327 g/mol. The summed E-state index contributed by atoms with van der Waals surface area (Å²) in [5, 5.41) is 9.36. The average Bonchev–Trinajstić information content (AvgIpc) is 2.73. The van der Waals surface area contributed by atoms with E-state index in [9.17, 15) is 13.5 Å². The van der Waals surface area contributed by atoms with Crippen molar-refractivity contribution in [3.05, 3.63) is 41.3 Å². The second-order valence-corrected chi connectivity index (χ2v) is 7.01. The van der Waals surface area contributed by atoms with Crippen LogP contribution in [0.3, 0.4) is 0 Å². The fourth-order valence-electron chi connectivity index (χ4n) is 2.11. The summed E-state index contributed by atoms with van der Waals surface area (Å²) in [5.41, 5.74) is 0.760. The Kier molecular flexibility index (Phi) is 4.65. The minimum absolute atomic E-state index is 0.0106. The highest BCUT2D eigenvalue weighted by Gasteiger charge is 2.26. The molecule has 0 saturated carbocycles. The highest BCUT2D eigenvalue weighted by atomic mass is 32.2. The van der Waals surface area contributed by atoms with Crippen molar-refractivity contribution in [2.75, 3.05) is 11.0 Å². The van der Waals surface area contributed by atoms with E-state index in [1.807, 2.05) is 18.4 Å². The number of furan rings is 1. The summed E-state index contributed by atoms with van der Waals surface area (Å²) in [5.74, 6) is 0.679. The number of aliphatic hydroxyl groups is 1. The lowest BCUT2D eigenvalue weighted by atomic mass is 10.2. The molecule has 0 aliphatic carbocycles. The molecule has 0 aliphatic rings. The Bertz CT molecular complexity index is 733. The van der Waals surface area contributed by atoms with E-state index < -0.39 is 10.0 Å². The summed E-state index contributed by atoms with van der Waals surface area (Å²) in [4.78, 5) is 1.06. The number of rotatable bonds is 5. The molecule has 21 heavy (non-hydrogen) atoms. The van der Waals surface area contributed by atoms with Crippen molar-refractivity contribution >= 4 is 27.5 Å². The standard InChI is InChI=1S/C14H17NO4S2/c1-9-13(8-16)14(10(2)19-9)21(17,18)15-11-4-6-12(20-3)7-5-11/h4-7,15-16H,8H2,1-3H3. The third-order valence-electron chi connectivity index (χ3n) is 3.09. The Labute approximate surface area is 128 Å². The van der Waals surface area contributed by atoms with Crippen LogP contribution in [0.1, 0.15) is 17.1 Å². The van der Waals surface area contributed by atoms with Gasteiger partial charge in [-0.05, 0) is 44.4 Å². The molecule has 0 amide bonds. The summed E-state index contributed by atoms with van der Waals surface area (Å²) in [6.07, 6.45) is 1.95. The number of thioether (sulfide) groups is 1. The minimum Gasteiger partial charge on any atom is -0.465 e. The lowest BCUT2D eigenvalue weighted by Gasteiger charge is -2.09. The Morgan fingerprint density at radius 3 is 2.33 bits per heavy atom. The van der Waals surface area contributed by atoms with Crippen molar-refractivity contribution in [3.8, 4) is 0 Å². The Morgan fingerprint density at radius 2 is 1.81 bits per heavy atom. The molecule has 2 aromatic rings. The van der Waals surface area contributed by atoms with Crippen LogP contribution < -0.4 is 4.72 Å². The molecule has 114 valence electrons. The van der Waals surface area contributed by atoms with Crippen molar-refractivity contribution in [3.63, 3.8) is 0 Å². The van der Waals surface area contributed by atoms with Gasteiger partial charge >= 0.3 is 0 Å². The van der Waals surface area contributed by atoms with Crippen LogP contribution in [-0.4, -0.2) is 19.8 Å². The number of aliphatic hydroxyl groups excluding tert-OH is 1. The van der Waals surface area contributed by atoms with Gasteiger partial charge in [-0.1, -0.05) is 0 Å². The first kappa shape index (κ1) is 15.9. The van der Waals surface area contributed by atoms with E-state index in [0.717, 1.165) is 4.90 Å². The van der Waals surface area contributed by atoms with Crippen molar-refractivity contribution < 1.29 is 17.9 Å². The van der Waals surface area contributed by atoms with Gasteiger partial charge < -0.3 is 9.52 Å². The predicted molar refractivity (Wildman–Crippen MR) is 83.1 cm³/mol. The normalized spacial score (nSPS) is 11.6. The molecule has 0 saturated heterocycles. The fraction of sp³-hybridized carbons (Fsp3) is 0.286. The number of anilines is 1. The van der Waals surface area contributed by atoms with Crippen molar-refractivity contribution in [2.45, 2.75) is 30.2 Å². The molecule has 0 unspecified atom stereocenters. The van der Waals surface area contributed by atoms with Gasteiger partial charge in [0.25, 0.3) is 10.0 Å². The summed E-state index contributed by atoms with van der Waals surface area (Å²) < 4.78 is 32.8. The van der Waals surface area contributed by atoms with E-state index in [0.29, 0.717) is 17.0 Å². The van der Waals surface area contributed by atoms with Crippen molar-refractivity contribution in [2.24, 2.45) is 0 Å². The first-order valence-electron chi connectivity index (χ1n) is 6.25. The zero-order chi connectivity index (χ0) is 15.6. The Balaban J connectivity index is 2.38. The highest BCUT2D eigenvalue weighted by molar-refractivity contribution is 7.98. The molecular formula is C14H17NO4S2. The van der Waals surface area contributed by atoms with Crippen LogP contribution in [0.2, 0.25) is 0 Å². The quantitative estimate of drug-likeness (QED) is 0.826. The van der Waals surface area contributed by atoms with E-state index in [4.69, 9.17) is 4.42 Å². The van der Waals surface area contributed by atoms with E-state index in [-0.39, 0.29) is 17.3 Å². The zero-order valence-electron chi connectivity index (χ0n) is 12.0. The molecule has 1 aromatic heterocycles. The maximum atomic E-state index is 12.5. The van der Waals surface area contributed by atoms with Crippen LogP contribution in [0.4, 0.5) is 5.69 Å². The van der Waals surface area contributed by atoms with E-state index in [2.05, 4.69) is 4.72 Å². The van der Waals surface area contributed by atoms with Crippen molar-refractivity contribution in [1.29, 1.82) is 0 Å². The molecule has 2 rings (SSSR count). The predicted octanol–water partition coefficient (Wildman–Crippen LogP) is 2.91. The first-order valence-corrected chi connectivity index (χ1v) is 8.96. The lowest BCUT2D eigenvalue weighted by Crippen LogP contribution is -2.15. The third-order valence-corrected chi connectivity index (χ3v) is 5.41. The van der Waals surface area contributed by atoms with Gasteiger partial charge in [0.15, 0.2) is 0 Å². The van der Waals surface area contributed by atoms with E-state index in [1.54, 1.807) is 37.7 Å². The van der Waals surface area contributed by atoms with Gasteiger partial charge in [-0.15, -0.1) is 11.8 Å². The van der Waals surface area contributed by atoms with Gasteiger partial charge in [-0.3, -0.25) is 4.72 Å². The molecule has 0 radical (unpaired) electrons. The summed E-state index contributed by atoms with van der Waals surface area (Å²) >= 11 is 1.58. The van der Waals surface area contributed by atoms with Crippen LogP contribution in [-0.2, 0) is 16.6 Å². The highest BCUT2D eigenvalue weighted by Crippen LogP contribution is 2.28. The number of hydrogen-bond acceptors (Lipinski definition) is 5. The number of benzene rings is 1. The van der Waals surface area contributed by atoms with Gasteiger partial charge in [0.1, 0.15) is 16.4 Å². The number of hydrogen-bond donors (Lipinski definition) is 2. The molecule has 7 heteroatoms. The topological polar surface area (TPSA) is 79.5 Å². The van der Waals surface area contributed by atoms with E-state index >= 15 is 0 Å². The minimum atomic E-state index is -3.80. The maximum absolute atomic E-state index is 12.5. The molecule has 2 N–H and O–H groups in total. The van der Waals surface area contributed by atoms with Gasteiger partial charge in [0.05, 0.1) is 6.61 Å². The third kappa shape index (κ3) is 3.25. The van der Waals surface area contributed by atoms with Crippen LogP contribution >= 0.6 is 11.8 Å². The molecule has 0 atom stereocenters. The van der Waals surface area contributed by atoms with E-state index in [1.165, 1.54) is 0 Å². The van der Waals surface area contributed by atoms with Crippen LogP contribution in [0, 0.1) is 13.8 Å². The molecule has 1 aromatic carbocycles. The number of sulfonamides is 1. The first-order chi connectivity index (χ1) is 9.89. The average molecular weight is 327 g/mol. The van der Waals surface area contributed by atoms with Crippen molar-refractivity contribution in [1.82, 2.24) is 0 Å². The molecule has 5 nitrogen and oxygen atoms in total. The number of nitrogens with one attached hydrogen (secondary N) is 1. The summed E-state index contributed by atoms with van der Waals surface area (Å²) in [6.45, 7) is 2.81. The molecular weight excluding hydrogens is 310 g/mol. The smallest absolute Gasteiger partial charge is 0.265 e. The second kappa shape index (κ2) is 6.13. The van der Waals surface area contributed by atoms with Crippen LogP contribution in [0.15, 0.2) is 38.5 Å². The maximum Gasteiger partial charge on any atom is 0.265 e. The Morgan fingerprint density at radius 1 is 1.19 bits per heavy atom. The number of aryl methyl sites for hydroxylation is 2. The zero-order valence-corrected chi connectivity index (χ0v) is 13.6. The summed E-state index contributed by atoms with van der Waals surface area (Å²) in [6, 6.07) is 7.07. The lowest BCUT2D eigenvalue weighted by molar-refractivity contribution is 0.276.